The van der Waals surface area contributed by atoms with Gasteiger partial charge in [-0.2, -0.15) is 0 Å². The number of nitrogens with zero attached hydrogens (tertiary/aromatic N) is 1. The molecule has 0 spiro atoms. The van der Waals surface area contributed by atoms with Crippen molar-refractivity contribution in [3.8, 4) is 0 Å². The van der Waals surface area contributed by atoms with Gasteiger partial charge in [0, 0.05) is 28.5 Å². The number of nitrogens with one attached hydrogen (secondary N) is 1. The molecule has 0 bridgehead atoms. The van der Waals surface area contributed by atoms with Gasteiger partial charge in [0.15, 0.2) is 0 Å². The first kappa shape index (κ1) is 18.5. The van der Waals surface area contributed by atoms with Crippen LogP contribution in [0.15, 0.2) is 47.6 Å². The number of allylic oxidation sites excluding steroid dienone is 2. The Balaban J connectivity index is 1.70. The van der Waals surface area contributed by atoms with E-state index >= 15 is 0 Å². The molecule has 3 N–H and O–H groups in total. The van der Waals surface area contributed by atoms with Gasteiger partial charge in [0.05, 0.1) is 10.7 Å². The summed E-state index contributed by atoms with van der Waals surface area (Å²) >= 11 is 1.78. The third-order valence-electron chi connectivity index (χ3n) is 4.80. The molecule has 0 saturated heterocycles. The zero-order valence-electron chi connectivity index (χ0n) is 15.5. The topological polar surface area (TPSA) is 59.6 Å². The van der Waals surface area contributed by atoms with E-state index in [0.717, 1.165) is 23.4 Å². The molecule has 5 heteroatoms. The van der Waals surface area contributed by atoms with Crippen molar-refractivity contribution in [3.05, 3.63) is 58.5 Å². The van der Waals surface area contributed by atoms with Crippen LogP contribution in [0.25, 0.3) is 0 Å². The SMILES string of the molecule is CO/N=C(\C=C\Cc1sc(NC2CCCC2)c(C)c1N)c1ccccc1. The summed E-state index contributed by atoms with van der Waals surface area (Å²) in [6, 6.07) is 10.6. The molecule has 1 aromatic heterocycles. The van der Waals surface area contributed by atoms with Gasteiger partial charge in [0.1, 0.15) is 12.8 Å². The van der Waals surface area contributed by atoms with Gasteiger partial charge in [0.25, 0.3) is 0 Å². The van der Waals surface area contributed by atoms with Gasteiger partial charge < -0.3 is 15.9 Å². The zero-order chi connectivity index (χ0) is 18.4. The molecule has 4 nitrogen and oxygen atoms in total. The van der Waals surface area contributed by atoms with Crippen molar-refractivity contribution in [1.82, 2.24) is 0 Å². The highest BCUT2D eigenvalue weighted by Crippen LogP contribution is 2.37. The van der Waals surface area contributed by atoms with E-state index < -0.39 is 0 Å². The minimum atomic E-state index is 0.605. The van der Waals surface area contributed by atoms with Crippen LogP contribution in [0.3, 0.4) is 0 Å². The molecule has 1 aromatic carbocycles. The molecule has 1 heterocycles. The van der Waals surface area contributed by atoms with Gasteiger partial charge in [-0.25, -0.2) is 0 Å². The average Bonchev–Trinajstić information content (AvgIpc) is 3.26. The fourth-order valence-corrected chi connectivity index (χ4v) is 4.47. The van der Waals surface area contributed by atoms with Crippen molar-refractivity contribution in [1.29, 1.82) is 0 Å². The first-order valence-corrected chi connectivity index (χ1v) is 9.98. The van der Waals surface area contributed by atoms with Crippen molar-refractivity contribution < 1.29 is 4.84 Å². The van der Waals surface area contributed by atoms with Crippen LogP contribution in [0, 0.1) is 6.92 Å². The molecule has 0 atom stereocenters. The summed E-state index contributed by atoms with van der Waals surface area (Å²) in [7, 11) is 1.57. The molecule has 3 rings (SSSR count). The minimum absolute atomic E-state index is 0.605. The largest absolute Gasteiger partial charge is 0.399 e. The highest BCUT2D eigenvalue weighted by atomic mass is 32.1. The van der Waals surface area contributed by atoms with Crippen LogP contribution < -0.4 is 11.1 Å². The molecule has 1 saturated carbocycles. The van der Waals surface area contributed by atoms with Gasteiger partial charge in [-0.05, 0) is 25.8 Å². The summed E-state index contributed by atoms with van der Waals surface area (Å²) in [6.07, 6.45) is 10.1. The molecular formula is C21H27N3OS. The molecule has 0 unspecified atom stereocenters. The highest BCUT2D eigenvalue weighted by molar-refractivity contribution is 7.16. The Morgan fingerprint density at radius 2 is 2.04 bits per heavy atom. The number of benzene rings is 1. The molecular weight excluding hydrogens is 342 g/mol. The standard InChI is InChI=1S/C21H27N3OS/c1-15-20(22)19(26-21(15)23-17-11-6-7-12-17)14-8-13-18(24-25-2)16-9-4-3-5-10-16/h3-5,8-10,13,17,23H,6-7,11-12,14,22H2,1-2H3/b13-8+,24-18+. The number of thiophene rings is 1. The van der Waals surface area contributed by atoms with Crippen LogP contribution in [0.2, 0.25) is 0 Å². The van der Waals surface area contributed by atoms with Gasteiger partial charge in [-0.15, -0.1) is 11.3 Å². The van der Waals surface area contributed by atoms with Crippen LogP contribution in [0.1, 0.15) is 41.7 Å². The Morgan fingerprint density at radius 3 is 2.73 bits per heavy atom. The van der Waals surface area contributed by atoms with E-state index in [1.807, 2.05) is 36.4 Å². The quantitative estimate of drug-likeness (QED) is 0.524. The van der Waals surface area contributed by atoms with Gasteiger partial charge in [0.2, 0.25) is 0 Å². The monoisotopic (exact) mass is 369 g/mol. The summed E-state index contributed by atoms with van der Waals surface area (Å²) in [5.74, 6) is 0. The summed E-state index contributed by atoms with van der Waals surface area (Å²) < 4.78 is 0. The normalized spacial score (nSPS) is 15.7. The minimum Gasteiger partial charge on any atom is -0.399 e. The number of hydrogen-bond acceptors (Lipinski definition) is 5. The van der Waals surface area contributed by atoms with E-state index in [1.165, 1.54) is 41.1 Å². The fourth-order valence-electron chi connectivity index (χ4n) is 3.30. The van der Waals surface area contributed by atoms with E-state index in [2.05, 4.69) is 23.5 Å². The average molecular weight is 370 g/mol. The number of nitrogen functional groups attached to an aromatic ring is 1. The Kier molecular flexibility index (Phi) is 6.34. The van der Waals surface area contributed by atoms with Gasteiger partial charge >= 0.3 is 0 Å². The maximum Gasteiger partial charge on any atom is 0.109 e. The summed E-state index contributed by atoms with van der Waals surface area (Å²) in [5.41, 5.74) is 10.3. The second-order valence-electron chi connectivity index (χ2n) is 6.65. The van der Waals surface area contributed by atoms with Crippen molar-refractivity contribution in [2.24, 2.45) is 5.16 Å². The second kappa shape index (κ2) is 8.90. The molecule has 0 aliphatic heterocycles. The molecule has 26 heavy (non-hydrogen) atoms. The number of nitrogens with two attached hydrogens (primary N) is 1. The Hall–Kier alpha value is -2.27. The fraction of sp³-hybridized carbons (Fsp3) is 0.381. The molecule has 0 radical (unpaired) electrons. The van der Waals surface area contributed by atoms with Crippen LogP contribution in [0.5, 0.6) is 0 Å². The second-order valence-corrected chi connectivity index (χ2v) is 7.76. The van der Waals surface area contributed by atoms with Crippen LogP contribution in [0.4, 0.5) is 10.7 Å². The van der Waals surface area contributed by atoms with Crippen molar-refractivity contribution in [2.75, 3.05) is 18.2 Å². The third-order valence-corrected chi connectivity index (χ3v) is 6.06. The van der Waals surface area contributed by atoms with Gasteiger partial charge in [-0.1, -0.05) is 54.4 Å². The lowest BCUT2D eigenvalue weighted by Gasteiger charge is -2.12. The summed E-state index contributed by atoms with van der Waals surface area (Å²) in [5, 5.41) is 9.04. The molecule has 1 aliphatic rings. The lowest BCUT2D eigenvalue weighted by molar-refractivity contribution is 0.214. The van der Waals surface area contributed by atoms with Crippen LogP contribution >= 0.6 is 11.3 Å². The van der Waals surface area contributed by atoms with E-state index in [9.17, 15) is 0 Å². The number of oxime groups is 1. The molecule has 138 valence electrons. The highest BCUT2D eigenvalue weighted by Gasteiger charge is 2.18. The smallest absolute Gasteiger partial charge is 0.109 e. The first-order valence-electron chi connectivity index (χ1n) is 9.16. The van der Waals surface area contributed by atoms with E-state index in [0.29, 0.717) is 6.04 Å². The molecule has 0 amide bonds. The van der Waals surface area contributed by atoms with Crippen LogP contribution in [-0.4, -0.2) is 18.9 Å². The first-order chi connectivity index (χ1) is 12.7. The van der Waals surface area contributed by atoms with E-state index in [-0.39, 0.29) is 0 Å². The van der Waals surface area contributed by atoms with Crippen molar-refractivity contribution in [2.45, 2.75) is 45.1 Å². The maximum absolute atomic E-state index is 6.35. The Bertz CT molecular complexity index is 774. The Labute approximate surface area is 159 Å². The van der Waals surface area contributed by atoms with Gasteiger partial charge in [-0.3, -0.25) is 0 Å². The Morgan fingerprint density at radius 1 is 1.31 bits per heavy atom. The number of rotatable bonds is 7. The lowest BCUT2D eigenvalue weighted by atomic mass is 10.1. The van der Waals surface area contributed by atoms with E-state index in [1.54, 1.807) is 18.4 Å². The predicted octanol–water partition coefficient (Wildman–Crippen LogP) is 5.14. The zero-order valence-corrected chi connectivity index (χ0v) is 16.3. The van der Waals surface area contributed by atoms with Crippen molar-refractivity contribution in [3.63, 3.8) is 0 Å². The number of anilines is 2. The third kappa shape index (κ3) is 4.47. The van der Waals surface area contributed by atoms with E-state index in [4.69, 9.17) is 10.6 Å². The molecule has 1 aliphatic carbocycles. The lowest BCUT2D eigenvalue weighted by Crippen LogP contribution is -2.14. The summed E-state index contributed by atoms with van der Waals surface area (Å²) in [4.78, 5) is 6.19. The number of hydrogen-bond donors (Lipinski definition) is 2. The summed E-state index contributed by atoms with van der Waals surface area (Å²) in [6.45, 7) is 2.11. The molecule has 1 fully saturated rings. The predicted molar refractivity (Wildman–Crippen MR) is 112 cm³/mol. The maximum atomic E-state index is 6.35. The molecule has 2 aromatic rings. The van der Waals surface area contributed by atoms with Crippen molar-refractivity contribution >= 4 is 27.7 Å². The van der Waals surface area contributed by atoms with Crippen LogP contribution in [-0.2, 0) is 11.3 Å².